The topological polar surface area (TPSA) is 125 Å². The zero-order valence-electron chi connectivity index (χ0n) is 26.6. The van der Waals surface area contributed by atoms with Gasteiger partial charge in [0.2, 0.25) is 0 Å². The number of hydrogen-bond donors (Lipinski definition) is 2. The van der Waals surface area contributed by atoms with Gasteiger partial charge in [-0.3, -0.25) is 0 Å². The molecule has 0 saturated heterocycles. The van der Waals surface area contributed by atoms with Crippen LogP contribution in [-0.2, 0) is 7.05 Å². The van der Waals surface area contributed by atoms with E-state index in [1.54, 1.807) is 33.9 Å². The van der Waals surface area contributed by atoms with Crippen molar-refractivity contribution in [2.24, 2.45) is 7.05 Å². The van der Waals surface area contributed by atoms with Crippen molar-refractivity contribution < 1.29 is 4.79 Å². The van der Waals surface area contributed by atoms with Crippen LogP contribution in [0.25, 0.3) is 16.4 Å². The third-order valence-corrected chi connectivity index (χ3v) is 8.14. The molecule has 15 heteroatoms. The predicted molar refractivity (Wildman–Crippen MR) is 192 cm³/mol. The van der Waals surface area contributed by atoms with Crippen LogP contribution < -0.4 is 16.6 Å². The first-order chi connectivity index (χ1) is 21.4. The summed E-state index contributed by atoms with van der Waals surface area (Å²) >= 11 is 0. The van der Waals surface area contributed by atoms with Crippen molar-refractivity contribution in [1.82, 2.24) is 34.3 Å². The first kappa shape index (κ1) is 31.2. The molecule has 5 rings (SSSR count). The maximum absolute atomic E-state index is 14.5. The van der Waals surface area contributed by atoms with Gasteiger partial charge in [0.25, 0.3) is 0 Å². The van der Waals surface area contributed by atoms with Crippen molar-refractivity contribution in [3.63, 3.8) is 0 Å². The Morgan fingerprint density at radius 2 is 1.87 bits per heavy atom. The van der Waals surface area contributed by atoms with Crippen LogP contribution in [0.4, 0.5) is 5.82 Å². The van der Waals surface area contributed by atoms with Gasteiger partial charge >= 0.3 is 266 Å². The molecule has 5 aromatic rings. The average molecular weight is 590 g/mol. The minimum atomic E-state index is -0.632. The van der Waals surface area contributed by atoms with E-state index in [1.807, 2.05) is 74.9 Å². The summed E-state index contributed by atoms with van der Waals surface area (Å²) in [6, 6.07) is 8.52. The molecule has 1 atom stereocenters. The van der Waals surface area contributed by atoms with Gasteiger partial charge in [-0.05, 0) is 0 Å². The SMILES string of the molecule is B=C(/C(B)=C(B)\C(B)=C(\B)C)n1c([C@@H](C)NC(=O)c2c(N)nn3cccnc23)cc2cccc(C#Cc3cnn(C)c3)c2c1=O. The summed E-state index contributed by atoms with van der Waals surface area (Å²) in [4.78, 5) is 32.4. The molecule has 0 bridgehead atoms. The van der Waals surface area contributed by atoms with Gasteiger partial charge in [0.1, 0.15) is 0 Å². The summed E-state index contributed by atoms with van der Waals surface area (Å²) in [6.07, 6.45) is 6.73. The van der Waals surface area contributed by atoms with Crippen LogP contribution in [0.15, 0.2) is 81.8 Å². The zero-order valence-corrected chi connectivity index (χ0v) is 26.6. The van der Waals surface area contributed by atoms with Crippen LogP contribution in [-0.4, -0.2) is 79.3 Å². The number of aryl methyl sites for hydroxylation is 1. The number of fused-ring (bicyclic) bond motifs is 2. The van der Waals surface area contributed by atoms with Gasteiger partial charge in [-0.1, -0.05) is 0 Å². The summed E-state index contributed by atoms with van der Waals surface area (Å²) < 4.78 is 4.71. The maximum atomic E-state index is 14.5. The molecular weight excluding hydrogens is 558 g/mol. The van der Waals surface area contributed by atoms with E-state index in [-0.39, 0.29) is 16.9 Å². The molecular formula is C30H31B5N8O2. The Kier molecular flexibility index (Phi) is 8.60. The molecule has 1 aromatic carbocycles. The van der Waals surface area contributed by atoms with Crippen molar-refractivity contribution in [1.29, 1.82) is 0 Å². The molecule has 0 aliphatic rings. The summed E-state index contributed by atoms with van der Waals surface area (Å²) in [5.74, 6) is 5.88. The number of nitrogens with zero attached hydrogens (tertiary/aromatic N) is 6. The fourth-order valence-corrected chi connectivity index (χ4v) is 5.21. The number of anilines is 1. The Bertz CT molecular complexity index is 2210. The molecule has 4 aromatic heterocycles. The standard InChI is InChI=1S/C30H31B5N8O2/c1-15(31)23(32)24(33)25(34)26(35)43-20(16(2)39-29(44)22-27(36)40-42-11-5-10-37-28(22)42)12-19-7-4-6-18(21(19)30(43)45)9-8-17-13-38-41(3)14-17/h4-7,10-14,16,35H,31-34H2,1-3H3,(H2,36,40)(H,39,44)/b23-15-,25-24-/t16-/m1/s1. The van der Waals surface area contributed by atoms with Gasteiger partial charge in [-0.15, -0.1) is 0 Å². The van der Waals surface area contributed by atoms with E-state index in [2.05, 4.69) is 47.7 Å². The fourth-order valence-electron chi connectivity index (χ4n) is 5.21. The third-order valence-electron chi connectivity index (χ3n) is 8.14. The van der Waals surface area contributed by atoms with Crippen LogP contribution in [0, 0.1) is 11.8 Å². The van der Waals surface area contributed by atoms with Crippen LogP contribution in [0.3, 0.4) is 0 Å². The number of amides is 1. The van der Waals surface area contributed by atoms with E-state index in [1.165, 1.54) is 9.99 Å². The van der Waals surface area contributed by atoms with E-state index < -0.39 is 11.9 Å². The number of nitrogens with two attached hydrogens (primary N) is 1. The second-order valence-corrected chi connectivity index (χ2v) is 11.3. The van der Waals surface area contributed by atoms with Crippen LogP contribution in [0.5, 0.6) is 0 Å². The Morgan fingerprint density at radius 3 is 2.56 bits per heavy atom. The number of carbonyl (C=O) groups is 1. The molecule has 3 N–H and O–H groups in total. The molecule has 0 aliphatic carbocycles. The molecule has 0 spiro atoms. The van der Waals surface area contributed by atoms with Crippen molar-refractivity contribution >= 4 is 72.6 Å². The number of benzene rings is 1. The van der Waals surface area contributed by atoms with E-state index in [0.717, 1.165) is 22.0 Å². The number of rotatable bonds is 6. The molecule has 0 radical (unpaired) electrons. The number of hydrogen-bond acceptors (Lipinski definition) is 6. The van der Waals surface area contributed by atoms with E-state index >= 15 is 0 Å². The molecule has 0 aliphatic heterocycles. The molecule has 0 unspecified atom stereocenters. The summed E-state index contributed by atoms with van der Waals surface area (Å²) in [5, 5.41) is 12.6. The summed E-state index contributed by atoms with van der Waals surface area (Å²) in [5.41, 5.74) is 12.9. The monoisotopic (exact) mass is 590 g/mol. The quantitative estimate of drug-likeness (QED) is 0.136. The van der Waals surface area contributed by atoms with Crippen molar-refractivity contribution in [2.75, 3.05) is 5.73 Å². The van der Waals surface area contributed by atoms with Crippen molar-refractivity contribution in [3.05, 3.63) is 110 Å². The van der Waals surface area contributed by atoms with Gasteiger partial charge in [-0.25, -0.2) is 0 Å². The van der Waals surface area contributed by atoms with Crippen LogP contribution >= 0.6 is 0 Å². The molecule has 1 amide bonds. The van der Waals surface area contributed by atoms with Gasteiger partial charge in [0, 0.05) is 0 Å². The number of nitrogens with one attached hydrogen (secondary N) is 1. The Hall–Kier alpha value is -5.24. The number of nitrogen functional groups attached to an aromatic ring is 1. The molecule has 45 heavy (non-hydrogen) atoms. The van der Waals surface area contributed by atoms with Crippen molar-refractivity contribution in [2.45, 2.75) is 19.9 Å². The molecule has 4 heterocycles. The fraction of sp³-hybridized carbons (Fsp3) is 0.133. The number of carbonyl (C=O) groups excluding carboxylic acids is 1. The first-order valence-corrected chi connectivity index (χ1v) is 14.5. The predicted octanol–water partition coefficient (Wildman–Crippen LogP) is -1.89. The van der Waals surface area contributed by atoms with Crippen molar-refractivity contribution in [3.8, 4) is 11.8 Å². The number of allylic oxidation sites excluding steroid dienone is 4. The molecule has 0 saturated carbocycles. The number of pyridine rings is 1. The third kappa shape index (κ3) is 5.96. The molecule has 10 nitrogen and oxygen atoms in total. The van der Waals surface area contributed by atoms with Gasteiger partial charge in [0.05, 0.1) is 0 Å². The summed E-state index contributed by atoms with van der Waals surface area (Å²) in [7, 11) is 14.3. The van der Waals surface area contributed by atoms with Gasteiger partial charge in [0.15, 0.2) is 0 Å². The second kappa shape index (κ2) is 12.4. The Balaban J connectivity index is 1.69. The second-order valence-electron chi connectivity index (χ2n) is 11.3. The zero-order chi connectivity index (χ0) is 32.6. The van der Waals surface area contributed by atoms with E-state index in [9.17, 15) is 9.59 Å². The Labute approximate surface area is 265 Å². The van der Waals surface area contributed by atoms with E-state index in [0.29, 0.717) is 33.3 Å². The number of aromatic nitrogens is 6. The average Bonchev–Trinajstić information content (AvgIpc) is 3.59. The Morgan fingerprint density at radius 1 is 1.11 bits per heavy atom. The van der Waals surface area contributed by atoms with Gasteiger partial charge < -0.3 is 0 Å². The first-order valence-electron chi connectivity index (χ1n) is 14.5. The molecule has 0 fully saturated rings. The van der Waals surface area contributed by atoms with Crippen LogP contribution in [0.1, 0.15) is 47.1 Å². The minimum absolute atomic E-state index is 0.0575. The molecule has 218 valence electrons. The summed E-state index contributed by atoms with van der Waals surface area (Å²) in [6.45, 7) is 3.87. The van der Waals surface area contributed by atoms with E-state index in [4.69, 9.17) is 5.73 Å². The normalized spacial score (nSPS) is 13.0. The van der Waals surface area contributed by atoms with Crippen LogP contribution in [0.2, 0.25) is 0 Å². The van der Waals surface area contributed by atoms with Gasteiger partial charge in [-0.2, -0.15) is 0 Å².